The molecule has 3 aromatic rings. The number of para-hydroxylation sites is 3. The number of hydrogen-bond acceptors (Lipinski definition) is 4. The molecule has 0 aliphatic carbocycles. The summed E-state index contributed by atoms with van der Waals surface area (Å²) in [6.07, 6.45) is 2.03. The number of piperidine rings is 1. The molecule has 0 atom stereocenters. The number of ether oxygens (including phenoxy) is 2. The molecule has 0 unspecified atom stereocenters. The molecule has 146 valence electrons. The van der Waals surface area contributed by atoms with E-state index < -0.39 is 0 Å². The van der Waals surface area contributed by atoms with Crippen molar-refractivity contribution in [2.45, 2.75) is 32.1 Å². The number of nitrogens with zero attached hydrogens (tertiary/aromatic N) is 3. The van der Waals surface area contributed by atoms with Crippen molar-refractivity contribution in [2.24, 2.45) is 0 Å². The number of methoxy groups -OCH3 is 1. The quantitative estimate of drug-likeness (QED) is 0.660. The van der Waals surface area contributed by atoms with Crippen LogP contribution >= 0.6 is 0 Å². The van der Waals surface area contributed by atoms with Crippen LogP contribution in [-0.4, -0.2) is 46.7 Å². The number of likely N-dealkylation sites (tertiary alicyclic amines) is 1. The summed E-state index contributed by atoms with van der Waals surface area (Å²) >= 11 is 0. The maximum Gasteiger partial charge on any atom is 0.242 e. The van der Waals surface area contributed by atoms with Crippen molar-refractivity contribution in [2.75, 3.05) is 20.2 Å². The molecule has 0 N–H and O–H groups in total. The molecule has 1 aliphatic heterocycles. The number of carbonyl (C=O) groups is 1. The predicted octanol–water partition coefficient (Wildman–Crippen LogP) is 3.25. The van der Waals surface area contributed by atoms with Crippen LogP contribution in [0.15, 0.2) is 54.6 Å². The smallest absolute Gasteiger partial charge is 0.242 e. The van der Waals surface area contributed by atoms with Gasteiger partial charge in [0.2, 0.25) is 5.91 Å². The Bertz CT molecular complexity index is 931. The second-order valence-electron chi connectivity index (χ2n) is 7.02. The minimum atomic E-state index is 0.110. The van der Waals surface area contributed by atoms with Crippen LogP contribution in [0.1, 0.15) is 18.7 Å². The lowest BCUT2D eigenvalue weighted by Crippen LogP contribution is -2.42. The van der Waals surface area contributed by atoms with E-state index in [-0.39, 0.29) is 18.6 Å². The fourth-order valence-electron chi connectivity index (χ4n) is 3.65. The first-order valence-corrected chi connectivity index (χ1v) is 9.67. The van der Waals surface area contributed by atoms with Gasteiger partial charge in [0.05, 0.1) is 17.1 Å². The lowest BCUT2D eigenvalue weighted by Gasteiger charge is -2.31. The summed E-state index contributed by atoms with van der Waals surface area (Å²) in [7, 11) is 1.73. The van der Waals surface area contributed by atoms with Gasteiger partial charge in [-0.1, -0.05) is 30.3 Å². The molecule has 0 spiro atoms. The minimum Gasteiger partial charge on any atom is -0.486 e. The first kappa shape index (κ1) is 18.5. The average Bonchev–Trinajstić information content (AvgIpc) is 3.10. The van der Waals surface area contributed by atoms with Gasteiger partial charge in [-0.15, -0.1) is 0 Å². The number of imidazole rings is 1. The standard InChI is InChI=1S/C22H25N3O3/c1-27-17-11-13-24(14-12-17)22(26)15-25-20-10-6-5-9-19(20)23-21(25)16-28-18-7-3-2-4-8-18/h2-10,17H,11-16H2,1H3. The lowest BCUT2D eigenvalue weighted by molar-refractivity contribution is -0.134. The molecule has 1 amide bonds. The highest BCUT2D eigenvalue weighted by Crippen LogP contribution is 2.20. The van der Waals surface area contributed by atoms with Gasteiger partial charge in [0.1, 0.15) is 24.7 Å². The molecule has 0 radical (unpaired) electrons. The maximum absolute atomic E-state index is 12.9. The van der Waals surface area contributed by atoms with Crippen LogP contribution in [0.3, 0.4) is 0 Å². The van der Waals surface area contributed by atoms with Crippen LogP contribution < -0.4 is 4.74 Å². The van der Waals surface area contributed by atoms with Gasteiger partial charge in [-0.2, -0.15) is 0 Å². The maximum atomic E-state index is 12.9. The van der Waals surface area contributed by atoms with Gasteiger partial charge < -0.3 is 18.9 Å². The molecule has 1 saturated heterocycles. The SMILES string of the molecule is COC1CCN(C(=O)Cn2c(COc3ccccc3)nc3ccccc32)CC1. The molecular weight excluding hydrogens is 354 g/mol. The lowest BCUT2D eigenvalue weighted by atomic mass is 10.1. The third kappa shape index (κ3) is 4.02. The molecule has 1 aromatic heterocycles. The monoisotopic (exact) mass is 379 g/mol. The predicted molar refractivity (Wildman–Crippen MR) is 107 cm³/mol. The fourth-order valence-corrected chi connectivity index (χ4v) is 3.65. The molecule has 0 saturated carbocycles. The Morgan fingerprint density at radius 2 is 1.79 bits per heavy atom. The number of carbonyl (C=O) groups excluding carboxylic acids is 1. The highest BCUT2D eigenvalue weighted by Gasteiger charge is 2.24. The van der Waals surface area contributed by atoms with Crippen molar-refractivity contribution < 1.29 is 14.3 Å². The second kappa shape index (κ2) is 8.44. The van der Waals surface area contributed by atoms with Crippen molar-refractivity contribution in [3.05, 3.63) is 60.4 Å². The van der Waals surface area contributed by atoms with Gasteiger partial charge in [-0.3, -0.25) is 4.79 Å². The number of fused-ring (bicyclic) bond motifs is 1. The Morgan fingerprint density at radius 3 is 2.54 bits per heavy atom. The van der Waals surface area contributed by atoms with E-state index in [1.807, 2.05) is 64.1 Å². The zero-order chi connectivity index (χ0) is 19.3. The Hall–Kier alpha value is -2.86. The minimum absolute atomic E-state index is 0.110. The molecule has 2 heterocycles. The van der Waals surface area contributed by atoms with Crippen molar-refractivity contribution in [3.8, 4) is 5.75 Å². The molecule has 2 aromatic carbocycles. The molecule has 1 fully saturated rings. The summed E-state index contributed by atoms with van der Waals surface area (Å²) in [5, 5.41) is 0. The summed E-state index contributed by atoms with van der Waals surface area (Å²) in [6.45, 7) is 2.06. The zero-order valence-corrected chi connectivity index (χ0v) is 16.1. The number of rotatable bonds is 6. The van der Waals surface area contributed by atoms with Crippen LogP contribution in [0, 0.1) is 0 Å². The van der Waals surface area contributed by atoms with E-state index in [1.165, 1.54) is 0 Å². The van der Waals surface area contributed by atoms with Gasteiger partial charge in [0.25, 0.3) is 0 Å². The number of benzene rings is 2. The third-order valence-electron chi connectivity index (χ3n) is 5.27. The topological polar surface area (TPSA) is 56.6 Å². The fraction of sp³-hybridized carbons (Fsp3) is 0.364. The molecule has 6 heteroatoms. The van der Waals surface area contributed by atoms with E-state index in [4.69, 9.17) is 14.5 Å². The largest absolute Gasteiger partial charge is 0.486 e. The first-order valence-electron chi connectivity index (χ1n) is 9.67. The first-order chi connectivity index (χ1) is 13.7. The van der Waals surface area contributed by atoms with Crippen LogP contribution in [0.25, 0.3) is 11.0 Å². The van der Waals surface area contributed by atoms with E-state index in [2.05, 4.69) is 0 Å². The number of hydrogen-bond donors (Lipinski definition) is 0. The molecule has 6 nitrogen and oxygen atoms in total. The van der Waals surface area contributed by atoms with Crippen molar-refractivity contribution >= 4 is 16.9 Å². The highest BCUT2D eigenvalue weighted by atomic mass is 16.5. The average molecular weight is 379 g/mol. The molecule has 28 heavy (non-hydrogen) atoms. The Balaban J connectivity index is 1.52. The van der Waals surface area contributed by atoms with E-state index in [0.717, 1.165) is 48.5 Å². The second-order valence-corrected chi connectivity index (χ2v) is 7.02. The van der Waals surface area contributed by atoms with Crippen molar-refractivity contribution in [1.82, 2.24) is 14.5 Å². The molecular formula is C22H25N3O3. The number of aromatic nitrogens is 2. The Morgan fingerprint density at radius 1 is 1.07 bits per heavy atom. The van der Waals surface area contributed by atoms with Gasteiger partial charge in [0, 0.05) is 20.2 Å². The van der Waals surface area contributed by atoms with Crippen LogP contribution in [-0.2, 0) is 22.7 Å². The summed E-state index contributed by atoms with van der Waals surface area (Å²) < 4.78 is 13.3. The van der Waals surface area contributed by atoms with Gasteiger partial charge >= 0.3 is 0 Å². The highest BCUT2D eigenvalue weighted by molar-refractivity contribution is 5.81. The van der Waals surface area contributed by atoms with Crippen LogP contribution in [0.2, 0.25) is 0 Å². The zero-order valence-electron chi connectivity index (χ0n) is 16.1. The summed E-state index contributed by atoms with van der Waals surface area (Å²) in [6, 6.07) is 17.5. The summed E-state index contributed by atoms with van der Waals surface area (Å²) in [5.41, 5.74) is 1.83. The Labute approximate surface area is 164 Å². The summed E-state index contributed by atoms with van der Waals surface area (Å²) in [4.78, 5) is 19.5. The van der Waals surface area contributed by atoms with Crippen molar-refractivity contribution in [3.63, 3.8) is 0 Å². The Kier molecular flexibility index (Phi) is 5.58. The van der Waals surface area contributed by atoms with Crippen molar-refractivity contribution in [1.29, 1.82) is 0 Å². The number of amides is 1. The van der Waals surface area contributed by atoms with Crippen LogP contribution in [0.5, 0.6) is 5.75 Å². The molecule has 1 aliphatic rings. The normalized spacial score (nSPS) is 15.1. The molecule has 4 rings (SSSR count). The van der Waals surface area contributed by atoms with Crippen LogP contribution in [0.4, 0.5) is 0 Å². The van der Waals surface area contributed by atoms with Gasteiger partial charge in [-0.05, 0) is 37.1 Å². The molecule has 0 bridgehead atoms. The summed E-state index contributed by atoms with van der Waals surface area (Å²) in [5.74, 6) is 1.65. The van der Waals surface area contributed by atoms with Gasteiger partial charge in [0.15, 0.2) is 0 Å². The van der Waals surface area contributed by atoms with Gasteiger partial charge in [-0.25, -0.2) is 4.98 Å². The van der Waals surface area contributed by atoms with E-state index >= 15 is 0 Å². The van der Waals surface area contributed by atoms with E-state index in [9.17, 15) is 4.79 Å². The van der Waals surface area contributed by atoms with E-state index in [1.54, 1.807) is 7.11 Å². The van der Waals surface area contributed by atoms with E-state index in [0.29, 0.717) is 6.61 Å². The third-order valence-corrected chi connectivity index (χ3v) is 5.27.